The number of sulfonamides is 1. The molecule has 104 valence electrons. The van der Waals surface area contributed by atoms with Crippen LogP contribution >= 0.6 is 0 Å². The van der Waals surface area contributed by atoms with Gasteiger partial charge in [-0.25, -0.2) is 17.5 Å². The molecule has 0 bridgehead atoms. The van der Waals surface area contributed by atoms with Gasteiger partial charge >= 0.3 is 0 Å². The summed E-state index contributed by atoms with van der Waals surface area (Å²) >= 11 is 0. The van der Waals surface area contributed by atoms with Crippen molar-refractivity contribution in [1.29, 1.82) is 0 Å². The zero-order valence-corrected chi connectivity index (χ0v) is 11.5. The third-order valence-electron chi connectivity index (χ3n) is 3.45. The molecular weight excluding hydrogens is 277 g/mol. The molecule has 0 spiro atoms. The minimum Gasteiger partial charge on any atom is -0.207 e. The van der Waals surface area contributed by atoms with E-state index in [0.717, 1.165) is 24.1 Å². The van der Waals surface area contributed by atoms with Gasteiger partial charge in [0.2, 0.25) is 10.0 Å². The van der Waals surface area contributed by atoms with Gasteiger partial charge in [0.05, 0.1) is 4.90 Å². The number of nitrogens with one attached hydrogen (secondary N) is 1. The maximum atomic E-state index is 12.8. The quantitative estimate of drug-likeness (QED) is 0.941. The summed E-state index contributed by atoms with van der Waals surface area (Å²) in [6.07, 6.45) is 0.796. The fourth-order valence-corrected chi connectivity index (χ4v) is 3.56. The van der Waals surface area contributed by atoms with E-state index in [1.165, 1.54) is 12.1 Å². The highest BCUT2D eigenvalue weighted by Crippen LogP contribution is 2.41. The maximum Gasteiger partial charge on any atom is 0.240 e. The lowest BCUT2D eigenvalue weighted by Crippen LogP contribution is -2.26. The van der Waals surface area contributed by atoms with Gasteiger partial charge in [-0.1, -0.05) is 30.3 Å². The molecule has 20 heavy (non-hydrogen) atoms. The third kappa shape index (κ3) is 2.73. The third-order valence-corrected chi connectivity index (χ3v) is 4.95. The number of halogens is 1. The summed E-state index contributed by atoms with van der Waals surface area (Å²) in [5.41, 5.74) is 1.14. The normalized spacial score (nSPS) is 21.6. The summed E-state index contributed by atoms with van der Waals surface area (Å²) in [5.74, 6) is -0.219. The molecule has 0 amide bonds. The first kappa shape index (κ1) is 13.3. The van der Waals surface area contributed by atoms with E-state index in [1.807, 2.05) is 30.3 Å². The SMILES string of the molecule is O=S(=O)(NC1CC1c1ccccc1)c1ccc(F)cc1. The van der Waals surface area contributed by atoms with E-state index in [0.29, 0.717) is 0 Å². The Bertz CT molecular complexity index is 698. The molecule has 0 saturated heterocycles. The Morgan fingerprint density at radius 3 is 2.30 bits per heavy atom. The molecular formula is C15H14FNO2S. The zero-order chi connectivity index (χ0) is 14.2. The number of rotatable bonds is 4. The van der Waals surface area contributed by atoms with Crippen LogP contribution in [0.1, 0.15) is 17.9 Å². The summed E-state index contributed by atoms with van der Waals surface area (Å²) in [7, 11) is -3.57. The molecule has 2 atom stereocenters. The van der Waals surface area contributed by atoms with Crippen LogP contribution in [0.15, 0.2) is 59.5 Å². The molecule has 0 radical (unpaired) electrons. The zero-order valence-electron chi connectivity index (χ0n) is 10.7. The minimum atomic E-state index is -3.57. The van der Waals surface area contributed by atoms with Crippen LogP contribution in [0.2, 0.25) is 0 Å². The van der Waals surface area contributed by atoms with Crippen molar-refractivity contribution >= 4 is 10.0 Å². The highest BCUT2D eigenvalue weighted by Gasteiger charge is 2.41. The van der Waals surface area contributed by atoms with Gasteiger partial charge in [0.25, 0.3) is 0 Å². The van der Waals surface area contributed by atoms with Crippen LogP contribution in [0, 0.1) is 5.82 Å². The van der Waals surface area contributed by atoms with Crippen LogP contribution in [0.4, 0.5) is 4.39 Å². The Labute approximate surface area is 117 Å². The second kappa shape index (κ2) is 5.00. The van der Waals surface area contributed by atoms with Gasteiger partial charge in [0.15, 0.2) is 0 Å². The molecule has 3 rings (SSSR count). The first-order valence-electron chi connectivity index (χ1n) is 6.39. The van der Waals surface area contributed by atoms with Crippen LogP contribution in [-0.2, 0) is 10.0 Å². The van der Waals surface area contributed by atoms with Crippen LogP contribution in [0.5, 0.6) is 0 Å². The van der Waals surface area contributed by atoms with E-state index < -0.39 is 15.8 Å². The molecule has 3 nitrogen and oxygen atoms in total. The van der Waals surface area contributed by atoms with Crippen molar-refractivity contribution in [3.05, 3.63) is 66.0 Å². The van der Waals surface area contributed by atoms with Gasteiger partial charge < -0.3 is 0 Å². The molecule has 0 aromatic heterocycles. The van der Waals surface area contributed by atoms with Gasteiger partial charge in [-0.2, -0.15) is 0 Å². The Kier molecular flexibility index (Phi) is 3.31. The molecule has 5 heteroatoms. The van der Waals surface area contributed by atoms with Gasteiger partial charge in [-0.15, -0.1) is 0 Å². The van der Waals surface area contributed by atoms with Crippen LogP contribution in [0.3, 0.4) is 0 Å². The summed E-state index contributed by atoms with van der Waals surface area (Å²) in [5, 5.41) is 0. The molecule has 2 aromatic rings. The summed E-state index contributed by atoms with van der Waals surface area (Å²) in [6, 6.07) is 14.6. The lowest BCUT2D eigenvalue weighted by molar-refractivity contribution is 0.579. The molecule has 1 saturated carbocycles. The first-order chi connectivity index (χ1) is 9.56. The number of benzene rings is 2. The summed E-state index contributed by atoms with van der Waals surface area (Å²) in [6.45, 7) is 0. The Morgan fingerprint density at radius 1 is 1.00 bits per heavy atom. The lowest BCUT2D eigenvalue weighted by atomic mass is 10.1. The fourth-order valence-electron chi connectivity index (χ4n) is 2.27. The smallest absolute Gasteiger partial charge is 0.207 e. The van der Waals surface area contributed by atoms with Crippen molar-refractivity contribution in [2.24, 2.45) is 0 Å². The van der Waals surface area contributed by atoms with E-state index in [4.69, 9.17) is 0 Å². The van der Waals surface area contributed by atoms with Gasteiger partial charge in [-0.05, 0) is 36.2 Å². The highest BCUT2D eigenvalue weighted by atomic mass is 32.2. The maximum absolute atomic E-state index is 12.8. The molecule has 2 aromatic carbocycles. The lowest BCUT2D eigenvalue weighted by Gasteiger charge is -2.06. The Morgan fingerprint density at radius 2 is 1.65 bits per heavy atom. The van der Waals surface area contributed by atoms with Gasteiger partial charge in [0, 0.05) is 12.0 Å². The monoisotopic (exact) mass is 291 g/mol. The predicted molar refractivity (Wildman–Crippen MR) is 74.3 cm³/mol. The average Bonchev–Trinajstić information content (AvgIpc) is 3.19. The number of hydrogen-bond donors (Lipinski definition) is 1. The summed E-state index contributed by atoms with van der Waals surface area (Å²) < 4.78 is 39.8. The van der Waals surface area contributed by atoms with Crippen molar-refractivity contribution in [1.82, 2.24) is 4.72 Å². The van der Waals surface area contributed by atoms with E-state index in [2.05, 4.69) is 4.72 Å². The molecule has 1 fully saturated rings. The average molecular weight is 291 g/mol. The fraction of sp³-hybridized carbons (Fsp3) is 0.200. The largest absolute Gasteiger partial charge is 0.240 e. The summed E-state index contributed by atoms with van der Waals surface area (Å²) in [4.78, 5) is 0.0950. The Hall–Kier alpha value is -1.72. The van der Waals surface area contributed by atoms with Crippen molar-refractivity contribution in [3.63, 3.8) is 0 Å². The second-order valence-electron chi connectivity index (χ2n) is 4.93. The highest BCUT2D eigenvalue weighted by molar-refractivity contribution is 7.89. The van der Waals surface area contributed by atoms with Gasteiger partial charge in [-0.3, -0.25) is 0 Å². The van der Waals surface area contributed by atoms with Crippen molar-refractivity contribution < 1.29 is 12.8 Å². The van der Waals surface area contributed by atoms with Crippen LogP contribution < -0.4 is 4.72 Å². The van der Waals surface area contributed by atoms with E-state index in [1.54, 1.807) is 0 Å². The van der Waals surface area contributed by atoms with E-state index in [9.17, 15) is 12.8 Å². The second-order valence-corrected chi connectivity index (χ2v) is 6.65. The van der Waals surface area contributed by atoms with Crippen molar-refractivity contribution in [3.8, 4) is 0 Å². The van der Waals surface area contributed by atoms with Crippen LogP contribution in [-0.4, -0.2) is 14.5 Å². The topological polar surface area (TPSA) is 46.2 Å². The Balaban J connectivity index is 1.71. The van der Waals surface area contributed by atoms with Gasteiger partial charge in [0.1, 0.15) is 5.82 Å². The molecule has 1 aliphatic carbocycles. The standard InChI is InChI=1S/C15H14FNO2S/c16-12-6-8-13(9-7-12)20(18,19)17-15-10-14(15)11-4-2-1-3-5-11/h1-9,14-15,17H,10H2. The number of hydrogen-bond acceptors (Lipinski definition) is 2. The minimum absolute atomic E-state index is 0.0764. The predicted octanol–water partition coefficient (Wildman–Crippen LogP) is 2.66. The molecule has 0 heterocycles. The van der Waals surface area contributed by atoms with E-state index >= 15 is 0 Å². The first-order valence-corrected chi connectivity index (χ1v) is 7.87. The van der Waals surface area contributed by atoms with Crippen molar-refractivity contribution in [2.45, 2.75) is 23.3 Å². The molecule has 2 unspecified atom stereocenters. The van der Waals surface area contributed by atoms with Crippen LogP contribution in [0.25, 0.3) is 0 Å². The molecule has 1 aliphatic rings. The molecule has 0 aliphatic heterocycles. The van der Waals surface area contributed by atoms with E-state index in [-0.39, 0.29) is 16.9 Å². The molecule has 1 N–H and O–H groups in total. The van der Waals surface area contributed by atoms with Crippen molar-refractivity contribution in [2.75, 3.05) is 0 Å².